The maximum Gasteiger partial charge on any atom is 0.333 e. The number of carbonyl (C=O) groups excluding carboxylic acids is 2. The maximum atomic E-state index is 12.8. The van der Waals surface area contributed by atoms with Crippen molar-refractivity contribution in [2.24, 2.45) is 5.92 Å². The summed E-state index contributed by atoms with van der Waals surface area (Å²) in [6.07, 6.45) is 1.70. The first-order chi connectivity index (χ1) is 8.61. The van der Waals surface area contributed by atoms with Gasteiger partial charge in [0.2, 0.25) is 5.91 Å². The van der Waals surface area contributed by atoms with E-state index in [1.54, 1.807) is 0 Å². The van der Waals surface area contributed by atoms with Crippen LogP contribution < -0.4 is 5.32 Å². The van der Waals surface area contributed by atoms with Gasteiger partial charge in [-0.3, -0.25) is 4.79 Å². The third-order valence-electron chi connectivity index (χ3n) is 2.87. The molecule has 1 fully saturated rings. The van der Waals surface area contributed by atoms with Gasteiger partial charge in [-0.15, -0.1) is 0 Å². The summed E-state index contributed by atoms with van der Waals surface area (Å²) in [5.74, 6) is -1.11. The molecule has 1 N–H and O–H groups in total. The number of hydrogen-bond acceptors (Lipinski definition) is 3. The molecule has 1 aliphatic rings. The lowest BCUT2D eigenvalue weighted by Crippen LogP contribution is -2.35. The number of halogens is 1. The van der Waals surface area contributed by atoms with E-state index in [9.17, 15) is 14.0 Å². The Morgan fingerprint density at radius 2 is 1.94 bits per heavy atom. The zero-order chi connectivity index (χ0) is 13.1. The van der Waals surface area contributed by atoms with Gasteiger partial charge in [0.05, 0.1) is 7.11 Å². The van der Waals surface area contributed by atoms with E-state index in [2.05, 4.69) is 10.1 Å². The van der Waals surface area contributed by atoms with Gasteiger partial charge < -0.3 is 10.1 Å². The van der Waals surface area contributed by atoms with Gasteiger partial charge in [-0.25, -0.2) is 9.18 Å². The Hall–Kier alpha value is -1.91. The number of hydrogen-bond donors (Lipinski definition) is 1. The van der Waals surface area contributed by atoms with Gasteiger partial charge >= 0.3 is 5.97 Å². The molecule has 18 heavy (non-hydrogen) atoms. The lowest BCUT2D eigenvalue weighted by atomic mass is 10.1. The maximum absolute atomic E-state index is 12.8. The van der Waals surface area contributed by atoms with Crippen molar-refractivity contribution in [2.45, 2.75) is 18.9 Å². The molecule has 0 heterocycles. The Bertz CT molecular complexity index is 454. The quantitative estimate of drug-likeness (QED) is 0.826. The summed E-state index contributed by atoms with van der Waals surface area (Å²) in [4.78, 5) is 23.3. The number of esters is 1. The highest BCUT2D eigenvalue weighted by atomic mass is 19.1. The van der Waals surface area contributed by atoms with Crippen molar-refractivity contribution in [2.75, 3.05) is 7.11 Å². The van der Waals surface area contributed by atoms with Crippen LogP contribution in [0, 0.1) is 11.7 Å². The molecule has 0 bridgehead atoms. The van der Waals surface area contributed by atoms with Gasteiger partial charge in [0.25, 0.3) is 0 Å². The van der Waals surface area contributed by atoms with Crippen molar-refractivity contribution in [3.05, 3.63) is 35.6 Å². The Morgan fingerprint density at radius 1 is 1.33 bits per heavy atom. The minimum atomic E-state index is -0.872. The average Bonchev–Trinajstić information content (AvgIpc) is 3.20. The Kier molecular flexibility index (Phi) is 3.60. The molecular weight excluding hydrogens is 237 g/mol. The summed E-state index contributed by atoms with van der Waals surface area (Å²) in [6, 6.07) is 4.54. The largest absolute Gasteiger partial charge is 0.467 e. The fourth-order valence-electron chi connectivity index (χ4n) is 1.66. The van der Waals surface area contributed by atoms with Gasteiger partial charge in [0.15, 0.2) is 6.04 Å². The van der Waals surface area contributed by atoms with Crippen LogP contribution in [0.3, 0.4) is 0 Å². The van der Waals surface area contributed by atoms with Crippen LogP contribution in [0.4, 0.5) is 4.39 Å². The highest BCUT2D eigenvalue weighted by Gasteiger charge is 2.33. The highest BCUT2D eigenvalue weighted by molar-refractivity contribution is 5.87. The molecular formula is C13H14FNO3. The average molecular weight is 251 g/mol. The van der Waals surface area contributed by atoms with Crippen LogP contribution >= 0.6 is 0 Å². The molecule has 0 saturated heterocycles. The molecule has 0 radical (unpaired) electrons. The predicted molar refractivity (Wildman–Crippen MR) is 62.0 cm³/mol. The summed E-state index contributed by atoms with van der Waals surface area (Å²) in [5.41, 5.74) is 0.511. The molecule has 1 aliphatic carbocycles. The van der Waals surface area contributed by atoms with Gasteiger partial charge in [0, 0.05) is 5.92 Å². The summed E-state index contributed by atoms with van der Waals surface area (Å²) >= 11 is 0. The fourth-order valence-corrected chi connectivity index (χ4v) is 1.66. The summed E-state index contributed by atoms with van der Waals surface area (Å²) in [7, 11) is 1.25. The molecule has 2 rings (SSSR count). The van der Waals surface area contributed by atoms with Crippen LogP contribution in [0.15, 0.2) is 24.3 Å². The monoisotopic (exact) mass is 251 g/mol. The Balaban J connectivity index is 2.15. The minimum absolute atomic E-state index is 0.00222. The number of amides is 1. The van der Waals surface area contributed by atoms with Crippen LogP contribution in [-0.2, 0) is 14.3 Å². The van der Waals surface area contributed by atoms with Crippen LogP contribution in [0.1, 0.15) is 24.4 Å². The number of ether oxygens (including phenoxy) is 1. The van der Waals surface area contributed by atoms with Crippen molar-refractivity contribution >= 4 is 11.9 Å². The van der Waals surface area contributed by atoms with E-state index < -0.39 is 17.8 Å². The number of nitrogens with one attached hydrogen (secondary N) is 1. The summed E-state index contributed by atoms with van der Waals surface area (Å²) < 4.78 is 17.5. The Morgan fingerprint density at radius 3 is 2.44 bits per heavy atom. The van der Waals surface area contributed by atoms with Crippen molar-refractivity contribution in [3.63, 3.8) is 0 Å². The molecule has 1 aromatic carbocycles. The standard InChI is InChI=1S/C13H14FNO3/c1-18-13(17)11(15-12(16)9-2-3-9)8-4-6-10(14)7-5-8/h4-7,9,11H,2-3H2,1H3,(H,15,16). The third kappa shape index (κ3) is 2.85. The summed E-state index contributed by atoms with van der Waals surface area (Å²) in [6.45, 7) is 0. The minimum Gasteiger partial charge on any atom is -0.467 e. The molecule has 1 saturated carbocycles. The summed E-state index contributed by atoms with van der Waals surface area (Å²) in [5, 5.41) is 2.63. The van der Waals surface area contributed by atoms with Crippen LogP contribution in [-0.4, -0.2) is 19.0 Å². The van der Waals surface area contributed by atoms with Gasteiger partial charge in [-0.1, -0.05) is 12.1 Å². The van der Waals surface area contributed by atoms with Crippen LogP contribution in [0.5, 0.6) is 0 Å². The molecule has 5 heteroatoms. The van der Waals surface area contributed by atoms with E-state index >= 15 is 0 Å². The van der Waals surface area contributed by atoms with Gasteiger partial charge in [0.1, 0.15) is 5.82 Å². The first-order valence-electron chi connectivity index (χ1n) is 5.75. The van der Waals surface area contributed by atoms with Crippen molar-refractivity contribution in [3.8, 4) is 0 Å². The molecule has 4 nitrogen and oxygen atoms in total. The third-order valence-corrected chi connectivity index (χ3v) is 2.87. The SMILES string of the molecule is COC(=O)C(NC(=O)C1CC1)c1ccc(F)cc1. The zero-order valence-corrected chi connectivity index (χ0v) is 9.98. The molecule has 0 aromatic heterocycles. The molecule has 1 aromatic rings. The molecule has 1 atom stereocenters. The second-order valence-electron chi connectivity index (χ2n) is 4.29. The number of carbonyl (C=O) groups is 2. The second-order valence-corrected chi connectivity index (χ2v) is 4.29. The molecule has 0 spiro atoms. The van der Waals surface area contributed by atoms with E-state index in [0.717, 1.165) is 12.8 Å². The van der Waals surface area contributed by atoms with E-state index in [0.29, 0.717) is 5.56 Å². The van der Waals surface area contributed by atoms with Crippen molar-refractivity contribution in [1.82, 2.24) is 5.32 Å². The van der Waals surface area contributed by atoms with Gasteiger partial charge in [-0.2, -0.15) is 0 Å². The normalized spacial score (nSPS) is 15.9. The first-order valence-corrected chi connectivity index (χ1v) is 5.75. The van der Waals surface area contributed by atoms with Crippen molar-refractivity contribution in [1.29, 1.82) is 0 Å². The molecule has 0 aliphatic heterocycles. The van der Waals surface area contributed by atoms with E-state index in [1.807, 2.05) is 0 Å². The van der Waals surface area contributed by atoms with Crippen molar-refractivity contribution < 1.29 is 18.7 Å². The lowest BCUT2D eigenvalue weighted by molar-refractivity contribution is -0.145. The molecule has 96 valence electrons. The zero-order valence-electron chi connectivity index (χ0n) is 9.98. The van der Waals surface area contributed by atoms with E-state index in [-0.39, 0.29) is 11.8 Å². The van der Waals surface area contributed by atoms with Gasteiger partial charge in [-0.05, 0) is 30.5 Å². The number of rotatable bonds is 4. The number of benzene rings is 1. The van der Waals surface area contributed by atoms with E-state index in [4.69, 9.17) is 0 Å². The smallest absolute Gasteiger partial charge is 0.333 e. The lowest BCUT2D eigenvalue weighted by Gasteiger charge is -2.16. The highest BCUT2D eigenvalue weighted by Crippen LogP contribution is 2.30. The molecule has 1 unspecified atom stereocenters. The van der Waals surface area contributed by atoms with E-state index in [1.165, 1.54) is 31.4 Å². The first kappa shape index (κ1) is 12.5. The number of methoxy groups -OCH3 is 1. The Labute approximate surface area is 104 Å². The topological polar surface area (TPSA) is 55.4 Å². The fraction of sp³-hybridized carbons (Fsp3) is 0.385. The predicted octanol–water partition coefficient (Wildman–Crippen LogP) is 1.57. The second kappa shape index (κ2) is 5.16. The van der Waals surface area contributed by atoms with Crippen LogP contribution in [0.2, 0.25) is 0 Å². The van der Waals surface area contributed by atoms with Crippen LogP contribution in [0.25, 0.3) is 0 Å². The molecule has 1 amide bonds.